The van der Waals surface area contributed by atoms with Gasteiger partial charge >= 0.3 is 36.0 Å². The molecule has 0 aromatic rings. The maximum absolute atomic E-state index is 12.9. The summed E-state index contributed by atoms with van der Waals surface area (Å²) in [5.41, 5.74) is -6.51. The molecule has 0 aliphatic heterocycles. The number of hydrogen-bond donors (Lipinski definition) is 1. The van der Waals surface area contributed by atoms with E-state index in [0.717, 1.165) is 0 Å². The van der Waals surface area contributed by atoms with Crippen molar-refractivity contribution in [2.75, 3.05) is 0 Å². The van der Waals surface area contributed by atoms with Gasteiger partial charge in [-0.2, -0.15) is 57.1 Å². The van der Waals surface area contributed by atoms with Crippen molar-refractivity contribution < 1.29 is 66.6 Å². The molecule has 1 unspecified atom stereocenters. The van der Waals surface area contributed by atoms with Crippen molar-refractivity contribution in [1.29, 1.82) is 0 Å². The van der Waals surface area contributed by atoms with Gasteiger partial charge in [-0.3, -0.25) is 0 Å². The van der Waals surface area contributed by atoms with Gasteiger partial charge < -0.3 is 5.11 Å². The summed E-state index contributed by atoms with van der Waals surface area (Å²) in [5, 5.41) is 7.42. The van der Waals surface area contributed by atoms with Crippen molar-refractivity contribution >= 4 is 0 Å². The highest BCUT2D eigenvalue weighted by molar-refractivity contribution is 5.13. The molecule has 15 heteroatoms. The molecule has 0 heterocycles. The average Bonchev–Trinajstić information content (AvgIpc) is 2.24. The highest BCUT2D eigenvalue weighted by Gasteiger charge is 2.91. The molecule has 0 fully saturated rings. The van der Waals surface area contributed by atoms with Gasteiger partial charge in [0.05, 0.1) is 0 Å². The van der Waals surface area contributed by atoms with Crippen molar-refractivity contribution in [3.63, 3.8) is 0 Å². The molecule has 1 atom stereocenters. The minimum absolute atomic E-state index is 1.38. The molecule has 0 saturated carbocycles. The van der Waals surface area contributed by atoms with Crippen molar-refractivity contribution in [3.05, 3.63) is 0 Å². The van der Waals surface area contributed by atoms with Crippen LogP contribution < -0.4 is 0 Å². The predicted octanol–water partition coefficient (Wildman–Crippen LogP) is 4.40. The van der Waals surface area contributed by atoms with E-state index in [1.54, 1.807) is 0 Å². The van der Waals surface area contributed by atoms with E-state index in [0.29, 0.717) is 0 Å². The molecule has 1 nitrogen and oxygen atoms in total. The molecule has 0 aromatic carbocycles. The highest BCUT2D eigenvalue weighted by Crippen LogP contribution is 2.61. The lowest BCUT2D eigenvalue weighted by Gasteiger charge is -2.42. The first-order valence-corrected chi connectivity index (χ1v) is 4.87. The molecule has 140 valence electrons. The lowest BCUT2D eigenvalue weighted by Crippen LogP contribution is -2.72. The minimum Gasteiger partial charge on any atom is -0.331 e. The zero-order valence-electron chi connectivity index (χ0n) is 10.2. The molecule has 0 aliphatic rings. The van der Waals surface area contributed by atoms with E-state index in [9.17, 15) is 61.5 Å². The average molecular weight is 382 g/mol. The number of rotatable bonds is 5. The number of hydrogen-bond acceptors (Lipinski definition) is 1. The van der Waals surface area contributed by atoms with Crippen LogP contribution in [-0.2, 0) is 0 Å². The number of alkyl halides is 14. The van der Waals surface area contributed by atoms with E-state index >= 15 is 0 Å². The van der Waals surface area contributed by atoms with E-state index in [2.05, 4.69) is 0 Å². The Kier molecular flexibility index (Phi) is 4.77. The Bertz CT molecular complexity index is 401. The third-order valence-corrected chi connectivity index (χ3v) is 2.68. The second-order valence-corrected chi connectivity index (χ2v) is 4.34. The zero-order chi connectivity index (χ0) is 19.5. The summed E-state index contributed by atoms with van der Waals surface area (Å²) < 4.78 is 174. The fourth-order valence-corrected chi connectivity index (χ4v) is 1.06. The molecule has 0 aromatic heterocycles. The number of aliphatic hydroxyl groups is 1. The van der Waals surface area contributed by atoms with Crippen molar-refractivity contribution in [2.24, 2.45) is 0 Å². The topological polar surface area (TPSA) is 20.2 Å². The van der Waals surface area contributed by atoms with Crippen molar-refractivity contribution in [3.8, 4) is 0 Å². The first-order valence-electron chi connectivity index (χ1n) is 4.87. The fraction of sp³-hybridized carbons (Fsp3) is 1.00. The molecule has 23 heavy (non-hydrogen) atoms. The van der Waals surface area contributed by atoms with Crippen LogP contribution in [0.2, 0.25) is 0 Å². The van der Waals surface area contributed by atoms with Gasteiger partial charge in [0.25, 0.3) is 5.67 Å². The quantitative estimate of drug-likeness (QED) is 0.699. The smallest absolute Gasteiger partial charge is 0.331 e. The Morgan fingerprint density at radius 3 is 0.957 bits per heavy atom. The van der Waals surface area contributed by atoms with Crippen LogP contribution in [0.3, 0.4) is 0 Å². The molecule has 0 bridgehead atoms. The normalized spacial score (nSPS) is 18.8. The predicted molar refractivity (Wildman–Crippen MR) is 42.5 cm³/mol. The maximum Gasteiger partial charge on any atom is 0.428 e. The van der Waals surface area contributed by atoms with Crippen molar-refractivity contribution in [1.82, 2.24) is 0 Å². The van der Waals surface area contributed by atoms with Gasteiger partial charge in [0.1, 0.15) is 0 Å². The van der Waals surface area contributed by atoms with Crippen LogP contribution in [0, 0.1) is 0 Å². The largest absolute Gasteiger partial charge is 0.428 e. The molecule has 0 radical (unpaired) electrons. The molecule has 1 N–H and O–H groups in total. The molecule has 0 rings (SSSR count). The fourth-order valence-electron chi connectivity index (χ4n) is 1.06. The third kappa shape index (κ3) is 2.69. The Hall–Kier alpha value is -1.02. The Morgan fingerprint density at radius 2 is 0.739 bits per heavy atom. The van der Waals surface area contributed by atoms with Crippen LogP contribution in [0.25, 0.3) is 0 Å². The summed E-state index contributed by atoms with van der Waals surface area (Å²) >= 11 is 0. The Labute approximate surface area is 116 Å². The summed E-state index contributed by atoms with van der Waals surface area (Å²) in [6.07, 6.45) is -14.0. The van der Waals surface area contributed by atoms with E-state index in [4.69, 9.17) is 5.11 Å². The summed E-state index contributed by atoms with van der Waals surface area (Å²) in [6.45, 7) is -1.38. The lowest BCUT2D eigenvalue weighted by atomic mass is 9.87. The van der Waals surface area contributed by atoms with Gasteiger partial charge in [0.15, 0.2) is 0 Å². The standard InChI is InChI=1S/C8H4F14O/c1-2(9,7(18,19)20)3(10,11)4(12,13)5(14,15)6(16,17)8(21,22)23/h23H,1H3. The van der Waals surface area contributed by atoms with E-state index < -0.39 is 48.6 Å². The van der Waals surface area contributed by atoms with Gasteiger partial charge in [0, 0.05) is 0 Å². The van der Waals surface area contributed by atoms with Crippen molar-refractivity contribution in [2.45, 2.75) is 48.6 Å². The molecule has 0 amide bonds. The zero-order valence-corrected chi connectivity index (χ0v) is 10.2. The lowest BCUT2D eigenvalue weighted by molar-refractivity contribution is -0.454. The van der Waals surface area contributed by atoms with Crippen LogP contribution in [0.1, 0.15) is 6.92 Å². The second kappa shape index (κ2) is 4.99. The van der Waals surface area contributed by atoms with Crippen LogP contribution >= 0.6 is 0 Å². The summed E-state index contributed by atoms with van der Waals surface area (Å²) in [7, 11) is 0. The summed E-state index contributed by atoms with van der Waals surface area (Å²) in [6, 6.07) is 0. The van der Waals surface area contributed by atoms with E-state index in [1.807, 2.05) is 0 Å². The Balaban J connectivity index is 6.37. The van der Waals surface area contributed by atoms with Gasteiger partial charge in [-0.15, -0.1) is 0 Å². The minimum atomic E-state index is -7.98. The summed E-state index contributed by atoms with van der Waals surface area (Å²) in [5.74, 6) is -31.2. The second-order valence-electron chi connectivity index (χ2n) is 4.34. The van der Waals surface area contributed by atoms with Gasteiger partial charge in [-0.1, -0.05) is 0 Å². The molecule has 0 aliphatic carbocycles. The van der Waals surface area contributed by atoms with Gasteiger partial charge in [-0.25, -0.2) is 4.39 Å². The van der Waals surface area contributed by atoms with Gasteiger partial charge in [-0.05, 0) is 6.92 Å². The monoisotopic (exact) mass is 382 g/mol. The van der Waals surface area contributed by atoms with Gasteiger partial charge in [0.2, 0.25) is 0 Å². The first kappa shape index (κ1) is 22.0. The molecular weight excluding hydrogens is 378 g/mol. The van der Waals surface area contributed by atoms with Crippen LogP contribution in [0.4, 0.5) is 61.5 Å². The molecule has 0 spiro atoms. The van der Waals surface area contributed by atoms with E-state index in [-0.39, 0.29) is 0 Å². The number of halogens is 14. The first-order chi connectivity index (χ1) is 9.50. The van der Waals surface area contributed by atoms with Crippen LogP contribution in [-0.4, -0.2) is 46.8 Å². The van der Waals surface area contributed by atoms with Crippen LogP contribution in [0.5, 0.6) is 0 Å². The summed E-state index contributed by atoms with van der Waals surface area (Å²) in [4.78, 5) is 0. The SMILES string of the molecule is CC(F)(C(F)(F)F)C(F)(F)C(F)(F)C(F)(F)C(F)(F)C(O)(F)F. The van der Waals surface area contributed by atoms with E-state index in [1.165, 1.54) is 0 Å². The third-order valence-electron chi connectivity index (χ3n) is 2.68. The Morgan fingerprint density at radius 1 is 0.478 bits per heavy atom. The van der Waals surface area contributed by atoms with Crippen LogP contribution in [0.15, 0.2) is 0 Å². The molecular formula is C8H4F14O. The highest BCUT2D eigenvalue weighted by atomic mass is 19.4. The molecule has 0 saturated heterocycles. The maximum atomic E-state index is 12.9.